The average molecular weight is 353 g/mol. The Balaban J connectivity index is 2.31. The van der Waals surface area contributed by atoms with E-state index in [9.17, 15) is 27.9 Å². The second kappa shape index (κ2) is 6.27. The van der Waals surface area contributed by atoms with E-state index in [-0.39, 0.29) is 34.7 Å². The number of aliphatic carboxylic acids is 1. The predicted octanol–water partition coefficient (Wildman–Crippen LogP) is 2.66. The molecule has 2 aliphatic heterocycles. The minimum atomic E-state index is -1.75. The van der Waals surface area contributed by atoms with Gasteiger partial charge in [0, 0.05) is 5.56 Å². The summed E-state index contributed by atoms with van der Waals surface area (Å²) in [4.78, 5) is 23.8. The number of carboxylic acids is 1. The van der Waals surface area contributed by atoms with Gasteiger partial charge in [-0.15, -0.1) is 0 Å². The molecule has 0 saturated heterocycles. The first kappa shape index (κ1) is 17.1. The molecule has 0 amide bonds. The number of alkyl halides is 2. The van der Waals surface area contributed by atoms with Crippen LogP contribution in [-0.2, 0) is 14.3 Å². The molecule has 0 radical (unpaired) electrons. The zero-order valence-electron chi connectivity index (χ0n) is 13.1. The smallest absolute Gasteiger partial charge is 0.337 e. The van der Waals surface area contributed by atoms with E-state index < -0.39 is 42.1 Å². The molecule has 25 heavy (non-hydrogen) atoms. The third-order valence-corrected chi connectivity index (χ3v) is 4.26. The maximum atomic E-state index is 14.2. The quantitative estimate of drug-likeness (QED) is 0.814. The summed E-state index contributed by atoms with van der Waals surface area (Å²) in [5.74, 6) is -4.48. The van der Waals surface area contributed by atoms with Crippen LogP contribution in [0, 0.1) is 5.82 Å². The number of carbonyl (C=O) groups excluding carboxylic acids is 1. The topological polar surface area (TPSA) is 75.6 Å². The molecule has 1 aromatic rings. The lowest BCUT2D eigenvalue weighted by Crippen LogP contribution is -2.31. The van der Waals surface area contributed by atoms with Crippen molar-refractivity contribution in [1.29, 1.82) is 0 Å². The van der Waals surface area contributed by atoms with Crippen molar-refractivity contribution >= 4 is 11.9 Å². The number of hydrogen-bond acceptors (Lipinski definition) is 4. The summed E-state index contributed by atoms with van der Waals surface area (Å²) in [5.41, 5.74) is -0.996. The molecule has 0 bridgehead atoms. The molecule has 2 heterocycles. The Hall–Kier alpha value is -2.77. The van der Waals surface area contributed by atoms with Crippen molar-refractivity contribution in [3.8, 4) is 0 Å². The SMILES string of the molecule is C[C@H](F)c1c(F)cccc1[C@@H]1C(C(=O)O)=C(CF)NC2=C1C(=O)OC2. The van der Waals surface area contributed by atoms with E-state index in [0.29, 0.717) is 0 Å². The van der Waals surface area contributed by atoms with Crippen molar-refractivity contribution in [3.63, 3.8) is 0 Å². The zero-order valence-corrected chi connectivity index (χ0v) is 13.1. The zero-order chi connectivity index (χ0) is 18.3. The number of carbonyl (C=O) groups is 2. The number of halogens is 3. The predicted molar refractivity (Wildman–Crippen MR) is 80.4 cm³/mol. The Bertz CT molecular complexity index is 829. The van der Waals surface area contributed by atoms with Crippen molar-refractivity contribution in [2.75, 3.05) is 13.3 Å². The van der Waals surface area contributed by atoms with E-state index in [4.69, 9.17) is 4.74 Å². The molecular weight excluding hydrogens is 339 g/mol. The Kier molecular flexibility index (Phi) is 4.28. The third kappa shape index (κ3) is 2.67. The molecule has 132 valence electrons. The molecule has 1 aromatic carbocycles. The fraction of sp³-hybridized carbons (Fsp3) is 0.294. The number of cyclic esters (lactones) is 1. The number of nitrogens with one attached hydrogen (secondary N) is 1. The maximum absolute atomic E-state index is 14.2. The molecule has 0 fully saturated rings. The van der Waals surface area contributed by atoms with Crippen LogP contribution in [0.1, 0.15) is 30.1 Å². The van der Waals surface area contributed by atoms with Crippen LogP contribution in [0.25, 0.3) is 0 Å². The normalized spacial score (nSPS) is 21.0. The second-order valence-electron chi connectivity index (χ2n) is 5.72. The molecule has 2 aliphatic rings. The van der Waals surface area contributed by atoms with Crippen LogP contribution in [-0.4, -0.2) is 30.3 Å². The van der Waals surface area contributed by atoms with Crippen molar-refractivity contribution in [1.82, 2.24) is 5.32 Å². The highest BCUT2D eigenvalue weighted by molar-refractivity contribution is 6.00. The molecule has 8 heteroatoms. The number of allylic oxidation sites excluding steroid dienone is 1. The fourth-order valence-electron chi connectivity index (χ4n) is 3.27. The first-order valence-corrected chi connectivity index (χ1v) is 7.48. The molecule has 0 spiro atoms. The van der Waals surface area contributed by atoms with E-state index >= 15 is 0 Å². The highest BCUT2D eigenvalue weighted by Gasteiger charge is 2.43. The first-order valence-electron chi connectivity index (χ1n) is 7.48. The van der Waals surface area contributed by atoms with Crippen LogP contribution in [0.2, 0.25) is 0 Å². The number of rotatable bonds is 4. The number of hydrogen-bond donors (Lipinski definition) is 2. The monoisotopic (exact) mass is 353 g/mol. The van der Waals surface area contributed by atoms with Gasteiger partial charge in [0.15, 0.2) is 0 Å². The maximum Gasteiger partial charge on any atom is 0.337 e. The number of dihydropyridines is 1. The Morgan fingerprint density at radius 2 is 2.20 bits per heavy atom. The largest absolute Gasteiger partial charge is 0.478 e. The molecule has 3 rings (SSSR count). The van der Waals surface area contributed by atoms with Crippen LogP contribution < -0.4 is 5.32 Å². The third-order valence-electron chi connectivity index (χ3n) is 4.26. The number of esters is 1. The first-order chi connectivity index (χ1) is 11.9. The summed E-state index contributed by atoms with van der Waals surface area (Å²) in [6.45, 7) is -0.221. The lowest BCUT2D eigenvalue weighted by molar-refractivity contribution is -0.136. The highest BCUT2D eigenvalue weighted by atomic mass is 19.1. The highest BCUT2D eigenvalue weighted by Crippen LogP contribution is 2.44. The van der Waals surface area contributed by atoms with Crippen molar-refractivity contribution in [2.45, 2.75) is 19.0 Å². The molecule has 0 aliphatic carbocycles. The number of ether oxygens (including phenoxy) is 1. The molecule has 2 N–H and O–H groups in total. The summed E-state index contributed by atoms with van der Waals surface area (Å²) in [5, 5.41) is 12.1. The van der Waals surface area contributed by atoms with Gasteiger partial charge in [0.1, 0.15) is 25.3 Å². The summed E-state index contributed by atoms with van der Waals surface area (Å²) >= 11 is 0. The molecule has 2 atom stereocenters. The van der Waals surface area contributed by atoms with Crippen molar-refractivity contribution in [3.05, 3.63) is 57.7 Å². The van der Waals surface area contributed by atoms with Gasteiger partial charge in [0.2, 0.25) is 0 Å². The van der Waals surface area contributed by atoms with Crippen LogP contribution in [0.3, 0.4) is 0 Å². The van der Waals surface area contributed by atoms with E-state index in [1.807, 2.05) is 0 Å². The van der Waals surface area contributed by atoms with Gasteiger partial charge in [-0.1, -0.05) is 12.1 Å². The summed E-state index contributed by atoms with van der Waals surface area (Å²) in [7, 11) is 0. The lowest BCUT2D eigenvalue weighted by Gasteiger charge is -2.28. The van der Waals surface area contributed by atoms with Crippen LogP contribution in [0.5, 0.6) is 0 Å². The van der Waals surface area contributed by atoms with Crippen LogP contribution in [0.4, 0.5) is 13.2 Å². The van der Waals surface area contributed by atoms with Crippen LogP contribution >= 0.6 is 0 Å². The summed E-state index contributed by atoms with van der Waals surface area (Å²) < 4.78 is 46.5. The van der Waals surface area contributed by atoms with Gasteiger partial charge >= 0.3 is 11.9 Å². The fourth-order valence-corrected chi connectivity index (χ4v) is 3.27. The average Bonchev–Trinajstić information content (AvgIpc) is 2.93. The van der Waals surface area contributed by atoms with Crippen molar-refractivity contribution in [2.24, 2.45) is 0 Å². The van der Waals surface area contributed by atoms with E-state index in [0.717, 1.165) is 13.0 Å². The number of benzene rings is 1. The minimum Gasteiger partial charge on any atom is -0.478 e. The van der Waals surface area contributed by atoms with Crippen LogP contribution in [0.15, 0.2) is 40.7 Å². The molecule has 0 unspecified atom stereocenters. The molecule has 5 nitrogen and oxygen atoms in total. The van der Waals surface area contributed by atoms with Gasteiger partial charge in [-0.05, 0) is 18.6 Å². The van der Waals surface area contributed by atoms with Gasteiger partial charge in [-0.2, -0.15) is 0 Å². The van der Waals surface area contributed by atoms with E-state index in [2.05, 4.69) is 5.32 Å². The Morgan fingerprint density at radius 1 is 1.48 bits per heavy atom. The molecular formula is C17H14F3NO4. The Morgan fingerprint density at radius 3 is 2.80 bits per heavy atom. The van der Waals surface area contributed by atoms with Crippen molar-refractivity contribution < 1.29 is 32.6 Å². The van der Waals surface area contributed by atoms with E-state index in [1.165, 1.54) is 12.1 Å². The number of carboxylic acid groups (broad SMARTS) is 1. The minimum absolute atomic E-state index is 0.0359. The molecule has 0 saturated carbocycles. The van der Waals surface area contributed by atoms with Gasteiger partial charge in [0.05, 0.1) is 28.5 Å². The summed E-state index contributed by atoms with van der Waals surface area (Å²) in [6.07, 6.45) is -1.75. The van der Waals surface area contributed by atoms with Gasteiger partial charge < -0.3 is 15.2 Å². The van der Waals surface area contributed by atoms with Gasteiger partial charge in [-0.25, -0.2) is 22.8 Å². The standard InChI is InChI=1S/C17H14F3NO4/c1-7(19)12-8(3-2-4-9(12)20)13-14(16(22)23)10(5-18)21-11-6-25-17(24)15(11)13/h2-4,7,13,21H,5-6H2,1H3,(H,22,23)/t7-,13+/m0/s1. The van der Waals surface area contributed by atoms with Gasteiger partial charge in [0.25, 0.3) is 0 Å². The summed E-state index contributed by atoms with van der Waals surface area (Å²) in [6, 6.07) is 3.66. The van der Waals surface area contributed by atoms with Gasteiger partial charge in [-0.3, -0.25) is 0 Å². The lowest BCUT2D eigenvalue weighted by atomic mass is 9.78. The second-order valence-corrected chi connectivity index (χ2v) is 5.72. The Labute approximate surface area is 140 Å². The van der Waals surface area contributed by atoms with E-state index in [1.54, 1.807) is 0 Å². The molecule has 0 aromatic heterocycles.